The van der Waals surface area contributed by atoms with Crippen LogP contribution in [-0.2, 0) is 10.0 Å². The van der Waals surface area contributed by atoms with Gasteiger partial charge < -0.3 is 4.98 Å². The number of fused-ring (bicyclic) bond motifs is 1. The molecule has 0 saturated heterocycles. The molecule has 0 aliphatic rings. The third kappa shape index (κ3) is 3.35. The van der Waals surface area contributed by atoms with E-state index in [4.69, 9.17) is 5.14 Å². The van der Waals surface area contributed by atoms with Crippen LogP contribution in [0.5, 0.6) is 0 Å². The summed E-state index contributed by atoms with van der Waals surface area (Å²) in [5, 5.41) is 6.17. The van der Waals surface area contributed by atoms with Gasteiger partial charge in [0.15, 0.2) is 0 Å². The van der Waals surface area contributed by atoms with Gasteiger partial charge in [-0.2, -0.15) is 0 Å². The van der Waals surface area contributed by atoms with Gasteiger partial charge in [-0.25, -0.2) is 18.5 Å². The molecule has 0 amide bonds. The Labute approximate surface area is 129 Å². The molecule has 22 heavy (non-hydrogen) atoms. The van der Waals surface area contributed by atoms with E-state index in [1.165, 1.54) is 0 Å². The molecule has 2 aromatic heterocycles. The number of primary sulfonamides is 1. The Morgan fingerprint density at radius 3 is 2.59 bits per heavy atom. The third-order valence-electron chi connectivity index (χ3n) is 3.68. The largest absolute Gasteiger partial charge is 0.343 e. The minimum absolute atomic E-state index is 0.0602. The average molecular weight is 315 g/mol. The van der Waals surface area contributed by atoms with Gasteiger partial charge in [0.2, 0.25) is 10.0 Å². The summed E-state index contributed by atoms with van der Waals surface area (Å²) in [5.74, 6) is -0.122. The molecule has 1 atom stereocenters. The van der Waals surface area contributed by atoms with Gasteiger partial charge in [0, 0.05) is 23.2 Å². The number of hydrogen-bond acceptors (Lipinski definition) is 3. The van der Waals surface area contributed by atoms with E-state index in [-0.39, 0.29) is 11.7 Å². The Hall–Kier alpha value is -2.18. The fourth-order valence-corrected chi connectivity index (χ4v) is 3.20. The number of rotatable bonds is 5. The highest BCUT2D eigenvalue weighted by molar-refractivity contribution is 7.89. The Morgan fingerprint density at radius 2 is 1.91 bits per heavy atom. The van der Waals surface area contributed by atoms with Crippen molar-refractivity contribution in [1.29, 1.82) is 0 Å². The first-order chi connectivity index (χ1) is 10.5. The predicted octanol–water partition coefficient (Wildman–Crippen LogP) is 2.37. The molecule has 0 fully saturated rings. The maximum atomic E-state index is 11.3. The molecule has 114 valence electrons. The smallest absolute Gasteiger partial charge is 0.209 e. The normalized spacial score (nSPS) is 13.3. The van der Waals surface area contributed by atoms with Gasteiger partial charge >= 0.3 is 0 Å². The zero-order valence-electron chi connectivity index (χ0n) is 11.9. The molecule has 0 radical (unpaired) electrons. The third-order valence-corrected chi connectivity index (χ3v) is 4.49. The number of hydrogen-bond donors (Lipinski definition) is 2. The summed E-state index contributed by atoms with van der Waals surface area (Å²) in [5.41, 5.74) is 2.80. The minimum Gasteiger partial charge on any atom is -0.343 e. The summed E-state index contributed by atoms with van der Waals surface area (Å²) < 4.78 is 22.7. The summed E-state index contributed by atoms with van der Waals surface area (Å²) in [6.45, 7) is 0. The van der Waals surface area contributed by atoms with Crippen LogP contribution in [0.15, 0.2) is 54.7 Å². The maximum Gasteiger partial charge on any atom is 0.209 e. The Balaban J connectivity index is 2.00. The van der Waals surface area contributed by atoms with Crippen LogP contribution in [0.25, 0.3) is 11.0 Å². The molecular formula is C16H17N3O2S. The van der Waals surface area contributed by atoms with Crippen LogP contribution < -0.4 is 5.14 Å². The predicted molar refractivity (Wildman–Crippen MR) is 87.0 cm³/mol. The zero-order chi connectivity index (χ0) is 15.6. The first kappa shape index (κ1) is 14.7. The quantitative estimate of drug-likeness (QED) is 0.757. The highest BCUT2D eigenvalue weighted by Gasteiger charge is 2.19. The van der Waals surface area contributed by atoms with Crippen LogP contribution in [0.1, 0.15) is 23.6 Å². The Morgan fingerprint density at radius 1 is 1.14 bits per heavy atom. The molecule has 1 unspecified atom stereocenters. The van der Waals surface area contributed by atoms with Gasteiger partial charge in [-0.05, 0) is 30.2 Å². The van der Waals surface area contributed by atoms with Crippen LogP contribution in [0.3, 0.4) is 0 Å². The van der Waals surface area contributed by atoms with Crippen molar-refractivity contribution in [2.45, 2.75) is 12.3 Å². The van der Waals surface area contributed by atoms with Crippen LogP contribution in [0.4, 0.5) is 0 Å². The highest BCUT2D eigenvalue weighted by atomic mass is 32.2. The number of aromatic nitrogens is 2. The zero-order valence-corrected chi connectivity index (χ0v) is 12.8. The van der Waals surface area contributed by atoms with Crippen molar-refractivity contribution in [1.82, 2.24) is 9.97 Å². The van der Waals surface area contributed by atoms with Gasteiger partial charge in [-0.1, -0.05) is 30.3 Å². The van der Waals surface area contributed by atoms with Gasteiger partial charge in [-0.15, -0.1) is 0 Å². The molecule has 3 rings (SSSR count). The van der Waals surface area contributed by atoms with E-state index >= 15 is 0 Å². The van der Waals surface area contributed by atoms with Gasteiger partial charge in [0.25, 0.3) is 0 Å². The summed E-state index contributed by atoms with van der Waals surface area (Å²) >= 11 is 0. The van der Waals surface area contributed by atoms with E-state index in [0.717, 1.165) is 22.3 Å². The number of nitrogens with zero attached hydrogens (tertiary/aromatic N) is 1. The van der Waals surface area contributed by atoms with Crippen molar-refractivity contribution in [3.05, 3.63) is 66.0 Å². The van der Waals surface area contributed by atoms with E-state index in [9.17, 15) is 8.42 Å². The number of sulfonamides is 1. The lowest BCUT2D eigenvalue weighted by Crippen LogP contribution is -2.19. The molecule has 0 saturated carbocycles. The fraction of sp³-hybridized carbons (Fsp3) is 0.188. The average Bonchev–Trinajstić information content (AvgIpc) is 2.91. The highest BCUT2D eigenvalue weighted by Crippen LogP contribution is 2.29. The molecule has 0 spiro atoms. The van der Waals surface area contributed by atoms with Crippen LogP contribution >= 0.6 is 0 Å². The molecule has 6 heteroatoms. The number of pyridine rings is 1. The molecule has 0 aliphatic heterocycles. The van der Waals surface area contributed by atoms with Crippen molar-refractivity contribution < 1.29 is 8.42 Å². The second kappa shape index (κ2) is 5.90. The van der Waals surface area contributed by atoms with Gasteiger partial charge in [0.05, 0.1) is 5.75 Å². The van der Waals surface area contributed by atoms with Crippen LogP contribution in [0.2, 0.25) is 0 Å². The standard InChI is InChI=1S/C16H17N3O2S/c17-22(20,21)10-8-14(12-5-2-1-3-6-12)15-11-13-7-4-9-18-16(13)19-15/h1-7,9,11,14H,8,10H2,(H,18,19)(H2,17,20,21). The second-order valence-electron chi connectivity index (χ2n) is 5.28. The number of nitrogens with one attached hydrogen (secondary N) is 1. The summed E-state index contributed by atoms with van der Waals surface area (Å²) in [7, 11) is -3.49. The lowest BCUT2D eigenvalue weighted by atomic mass is 9.93. The van der Waals surface area contributed by atoms with Crippen molar-refractivity contribution in [3.8, 4) is 0 Å². The Kier molecular flexibility index (Phi) is 3.96. The van der Waals surface area contributed by atoms with E-state index in [2.05, 4.69) is 9.97 Å². The van der Waals surface area contributed by atoms with Crippen molar-refractivity contribution in [2.24, 2.45) is 5.14 Å². The van der Waals surface area contributed by atoms with E-state index in [0.29, 0.717) is 6.42 Å². The van der Waals surface area contributed by atoms with Crippen molar-refractivity contribution >= 4 is 21.1 Å². The summed E-state index contributed by atoms with van der Waals surface area (Å²) in [6, 6.07) is 15.7. The topological polar surface area (TPSA) is 88.8 Å². The number of H-pyrrole nitrogens is 1. The van der Waals surface area contributed by atoms with E-state index < -0.39 is 10.0 Å². The minimum atomic E-state index is -3.49. The summed E-state index contributed by atoms with van der Waals surface area (Å²) in [6.07, 6.45) is 2.15. The lowest BCUT2D eigenvalue weighted by molar-refractivity contribution is 0.591. The molecule has 5 nitrogen and oxygen atoms in total. The van der Waals surface area contributed by atoms with Crippen molar-refractivity contribution in [3.63, 3.8) is 0 Å². The molecule has 0 bridgehead atoms. The molecule has 2 heterocycles. The van der Waals surface area contributed by atoms with E-state index in [1.54, 1.807) is 6.20 Å². The number of benzene rings is 1. The lowest BCUT2D eigenvalue weighted by Gasteiger charge is -2.15. The summed E-state index contributed by atoms with van der Waals surface area (Å²) in [4.78, 5) is 7.57. The maximum absolute atomic E-state index is 11.3. The molecular weight excluding hydrogens is 298 g/mol. The SMILES string of the molecule is NS(=O)(=O)CCC(c1ccccc1)c1cc2cccnc2[nH]1. The molecule has 0 aliphatic carbocycles. The van der Waals surface area contributed by atoms with Gasteiger partial charge in [-0.3, -0.25) is 0 Å². The first-order valence-electron chi connectivity index (χ1n) is 7.02. The van der Waals surface area contributed by atoms with Crippen molar-refractivity contribution in [2.75, 3.05) is 5.75 Å². The molecule has 3 aromatic rings. The Bertz CT molecular complexity index is 840. The fourth-order valence-electron chi connectivity index (χ4n) is 2.64. The van der Waals surface area contributed by atoms with Gasteiger partial charge in [0.1, 0.15) is 5.65 Å². The number of aromatic amines is 1. The molecule has 3 N–H and O–H groups in total. The van der Waals surface area contributed by atoms with E-state index in [1.807, 2.05) is 48.5 Å². The van der Waals surface area contributed by atoms with Crippen LogP contribution in [-0.4, -0.2) is 24.1 Å². The monoisotopic (exact) mass is 315 g/mol. The molecule has 1 aromatic carbocycles. The first-order valence-corrected chi connectivity index (χ1v) is 8.73. The number of nitrogens with two attached hydrogens (primary N) is 1. The van der Waals surface area contributed by atoms with Crippen LogP contribution in [0, 0.1) is 0 Å². The second-order valence-corrected chi connectivity index (χ2v) is 7.02.